The molecule has 0 aliphatic rings. The molecule has 1 aromatic carbocycles. The third kappa shape index (κ3) is 2.11. The van der Waals surface area contributed by atoms with Crippen molar-refractivity contribution in [2.45, 2.75) is 20.3 Å². The minimum absolute atomic E-state index is 0.00671. The zero-order valence-corrected chi connectivity index (χ0v) is 12.3. The predicted octanol–water partition coefficient (Wildman–Crippen LogP) is 2.80. The summed E-state index contributed by atoms with van der Waals surface area (Å²) in [6.45, 7) is 3.99. The Balaban J connectivity index is 2.32. The van der Waals surface area contributed by atoms with E-state index in [1.54, 1.807) is 25.4 Å². The van der Waals surface area contributed by atoms with Gasteiger partial charge in [-0.15, -0.1) is 0 Å². The first-order chi connectivity index (χ1) is 10.2. The van der Waals surface area contributed by atoms with Crippen LogP contribution in [0, 0.1) is 6.92 Å². The Hall–Kier alpha value is -2.56. The number of fused-ring (bicyclic) bond motifs is 1. The van der Waals surface area contributed by atoms with Crippen LogP contribution in [0.2, 0.25) is 0 Å². The molecule has 0 saturated heterocycles. The van der Waals surface area contributed by atoms with E-state index in [2.05, 4.69) is 15.2 Å². The van der Waals surface area contributed by atoms with Crippen molar-refractivity contribution in [3.63, 3.8) is 0 Å². The minimum atomic E-state index is -0.00671. The van der Waals surface area contributed by atoms with E-state index in [4.69, 9.17) is 4.74 Å². The second-order valence-electron chi connectivity index (χ2n) is 4.98. The normalized spacial score (nSPS) is 11.0. The third-order valence-corrected chi connectivity index (χ3v) is 3.80. The van der Waals surface area contributed by atoms with Crippen LogP contribution in [0.1, 0.15) is 18.2 Å². The van der Waals surface area contributed by atoms with E-state index < -0.39 is 0 Å². The number of methoxy groups -OCH3 is 1. The van der Waals surface area contributed by atoms with Gasteiger partial charge in [-0.05, 0) is 25.5 Å². The molecule has 0 aliphatic carbocycles. The molecule has 3 rings (SSSR count). The maximum atomic E-state index is 12.4. The summed E-state index contributed by atoms with van der Waals surface area (Å²) in [5.74, 6) is 0.762. The fourth-order valence-corrected chi connectivity index (χ4v) is 2.62. The molecule has 0 radical (unpaired) electrons. The van der Waals surface area contributed by atoms with E-state index in [9.17, 15) is 4.79 Å². The van der Waals surface area contributed by atoms with Gasteiger partial charge in [0.15, 0.2) is 5.43 Å². The Morgan fingerprint density at radius 2 is 2.14 bits per heavy atom. The van der Waals surface area contributed by atoms with Crippen molar-refractivity contribution in [1.29, 1.82) is 0 Å². The number of aromatic nitrogens is 3. The highest BCUT2D eigenvalue weighted by Crippen LogP contribution is 2.27. The molecule has 0 spiro atoms. The number of ether oxygens (including phenoxy) is 1. The highest BCUT2D eigenvalue weighted by Gasteiger charge is 2.12. The van der Waals surface area contributed by atoms with Gasteiger partial charge in [0.1, 0.15) is 5.75 Å². The molecule has 0 aliphatic heterocycles. The molecule has 2 aromatic heterocycles. The Labute approximate surface area is 122 Å². The van der Waals surface area contributed by atoms with E-state index in [0.29, 0.717) is 5.39 Å². The van der Waals surface area contributed by atoms with Crippen LogP contribution in [0.15, 0.2) is 29.2 Å². The molecule has 0 unspecified atom stereocenters. The number of aryl methyl sites for hydroxylation is 2. The zero-order chi connectivity index (χ0) is 15.0. The number of hydrogen-bond acceptors (Lipinski definition) is 3. The molecule has 0 bridgehead atoms. The van der Waals surface area contributed by atoms with E-state index in [1.165, 1.54) is 0 Å². The number of benzene rings is 1. The number of pyridine rings is 1. The Morgan fingerprint density at radius 1 is 1.33 bits per heavy atom. The standard InChI is InChI=1S/C16H17N3O2/c1-4-12-11(8-17-19-12)13-7-14(20)10-5-6-15(21-3)9(2)16(10)18-13/h5-8H,4H2,1-3H3,(H,17,19)(H,18,20). The fourth-order valence-electron chi connectivity index (χ4n) is 2.62. The molecule has 0 atom stereocenters. The van der Waals surface area contributed by atoms with Crippen LogP contribution in [0.4, 0.5) is 0 Å². The second kappa shape index (κ2) is 5.09. The molecule has 108 valence electrons. The quantitative estimate of drug-likeness (QED) is 0.776. The molecule has 3 aromatic rings. The van der Waals surface area contributed by atoms with Gasteiger partial charge in [0, 0.05) is 28.3 Å². The molecule has 5 nitrogen and oxygen atoms in total. The van der Waals surface area contributed by atoms with Gasteiger partial charge in [-0.1, -0.05) is 6.92 Å². The van der Waals surface area contributed by atoms with Crippen LogP contribution in [0.25, 0.3) is 22.2 Å². The highest BCUT2D eigenvalue weighted by atomic mass is 16.5. The van der Waals surface area contributed by atoms with Gasteiger partial charge in [-0.2, -0.15) is 5.10 Å². The summed E-state index contributed by atoms with van der Waals surface area (Å²) in [7, 11) is 1.63. The molecule has 0 amide bonds. The SMILES string of the molecule is CCc1[nH]ncc1-c1cc(=O)c2ccc(OC)c(C)c2[nH]1. The van der Waals surface area contributed by atoms with Crippen molar-refractivity contribution in [2.75, 3.05) is 7.11 Å². The number of rotatable bonds is 3. The van der Waals surface area contributed by atoms with Crippen molar-refractivity contribution in [2.24, 2.45) is 0 Å². The Morgan fingerprint density at radius 3 is 2.86 bits per heavy atom. The average molecular weight is 283 g/mol. The smallest absolute Gasteiger partial charge is 0.190 e. The minimum Gasteiger partial charge on any atom is -0.496 e. The van der Waals surface area contributed by atoms with Crippen LogP contribution in [0.5, 0.6) is 5.75 Å². The molecular formula is C16H17N3O2. The average Bonchev–Trinajstić information content (AvgIpc) is 2.96. The summed E-state index contributed by atoms with van der Waals surface area (Å²) in [5.41, 5.74) is 4.43. The van der Waals surface area contributed by atoms with Gasteiger partial charge < -0.3 is 9.72 Å². The predicted molar refractivity (Wildman–Crippen MR) is 82.8 cm³/mol. The highest BCUT2D eigenvalue weighted by molar-refractivity contribution is 5.86. The lowest BCUT2D eigenvalue weighted by Crippen LogP contribution is -2.05. The van der Waals surface area contributed by atoms with Gasteiger partial charge >= 0.3 is 0 Å². The van der Waals surface area contributed by atoms with Crippen molar-refractivity contribution in [1.82, 2.24) is 15.2 Å². The summed E-state index contributed by atoms with van der Waals surface area (Å²) < 4.78 is 5.33. The van der Waals surface area contributed by atoms with Crippen molar-refractivity contribution in [3.05, 3.63) is 45.9 Å². The maximum Gasteiger partial charge on any atom is 0.190 e. The van der Waals surface area contributed by atoms with Crippen LogP contribution in [-0.4, -0.2) is 22.3 Å². The van der Waals surface area contributed by atoms with Crippen molar-refractivity contribution >= 4 is 10.9 Å². The van der Waals surface area contributed by atoms with Crippen LogP contribution < -0.4 is 10.2 Å². The lowest BCUT2D eigenvalue weighted by atomic mass is 10.1. The molecule has 0 saturated carbocycles. The first kappa shape index (κ1) is 13.4. The van der Waals surface area contributed by atoms with Gasteiger partial charge in [0.2, 0.25) is 0 Å². The molecule has 0 fully saturated rings. The summed E-state index contributed by atoms with van der Waals surface area (Å²) in [5, 5.41) is 7.69. The Kier molecular flexibility index (Phi) is 3.25. The first-order valence-corrected chi connectivity index (χ1v) is 6.89. The number of hydrogen-bond donors (Lipinski definition) is 2. The van der Waals surface area contributed by atoms with Gasteiger partial charge in [0.05, 0.1) is 24.5 Å². The maximum absolute atomic E-state index is 12.4. The Bertz CT molecular complexity index is 862. The lowest BCUT2D eigenvalue weighted by molar-refractivity contribution is 0.412. The van der Waals surface area contributed by atoms with Gasteiger partial charge in [-0.25, -0.2) is 0 Å². The first-order valence-electron chi connectivity index (χ1n) is 6.89. The molecule has 21 heavy (non-hydrogen) atoms. The topological polar surface area (TPSA) is 70.8 Å². The van der Waals surface area contributed by atoms with Crippen LogP contribution >= 0.6 is 0 Å². The fraction of sp³-hybridized carbons (Fsp3) is 0.250. The number of nitrogens with zero attached hydrogens (tertiary/aromatic N) is 1. The second-order valence-corrected chi connectivity index (χ2v) is 4.98. The monoisotopic (exact) mass is 283 g/mol. The van der Waals surface area contributed by atoms with E-state index >= 15 is 0 Å². The van der Waals surface area contributed by atoms with Crippen molar-refractivity contribution in [3.8, 4) is 17.0 Å². The van der Waals surface area contributed by atoms with E-state index in [0.717, 1.165) is 40.2 Å². The summed E-state index contributed by atoms with van der Waals surface area (Å²) in [4.78, 5) is 15.7. The summed E-state index contributed by atoms with van der Waals surface area (Å²) >= 11 is 0. The lowest BCUT2D eigenvalue weighted by Gasteiger charge is -2.10. The number of aromatic amines is 2. The van der Waals surface area contributed by atoms with E-state index in [1.807, 2.05) is 19.9 Å². The van der Waals surface area contributed by atoms with E-state index in [-0.39, 0.29) is 5.43 Å². The van der Waals surface area contributed by atoms with Gasteiger partial charge in [-0.3, -0.25) is 9.89 Å². The van der Waals surface area contributed by atoms with Gasteiger partial charge in [0.25, 0.3) is 0 Å². The van der Waals surface area contributed by atoms with Crippen molar-refractivity contribution < 1.29 is 4.74 Å². The molecule has 5 heteroatoms. The molecular weight excluding hydrogens is 266 g/mol. The zero-order valence-electron chi connectivity index (χ0n) is 12.3. The number of H-pyrrole nitrogens is 2. The van der Waals surface area contributed by atoms with Crippen LogP contribution in [-0.2, 0) is 6.42 Å². The largest absolute Gasteiger partial charge is 0.496 e. The number of nitrogens with one attached hydrogen (secondary N) is 2. The molecule has 2 N–H and O–H groups in total. The van der Waals surface area contributed by atoms with Crippen LogP contribution in [0.3, 0.4) is 0 Å². The summed E-state index contributed by atoms with van der Waals surface area (Å²) in [6.07, 6.45) is 2.57. The summed E-state index contributed by atoms with van der Waals surface area (Å²) in [6, 6.07) is 5.24. The third-order valence-electron chi connectivity index (χ3n) is 3.80. The molecule has 2 heterocycles.